The van der Waals surface area contributed by atoms with E-state index in [2.05, 4.69) is 27.8 Å². The minimum Gasteiger partial charge on any atom is -0.353 e. The van der Waals surface area contributed by atoms with Crippen molar-refractivity contribution in [1.29, 1.82) is 0 Å². The Morgan fingerprint density at radius 3 is 3.00 bits per heavy atom. The van der Waals surface area contributed by atoms with Crippen LogP contribution in [0.25, 0.3) is 0 Å². The maximum Gasteiger partial charge on any atom is 0.205 e. The van der Waals surface area contributed by atoms with Crippen molar-refractivity contribution in [1.82, 2.24) is 20.5 Å². The van der Waals surface area contributed by atoms with Gasteiger partial charge in [-0.15, -0.1) is 0 Å². The highest BCUT2D eigenvalue weighted by molar-refractivity contribution is 5.79. The van der Waals surface area contributed by atoms with Gasteiger partial charge in [-0.2, -0.15) is 5.10 Å². The summed E-state index contributed by atoms with van der Waals surface area (Å²) in [5.74, 6) is 6.01. The van der Waals surface area contributed by atoms with Crippen molar-refractivity contribution in [2.24, 2.45) is 10.8 Å². The Kier molecular flexibility index (Phi) is 6.09. The van der Waals surface area contributed by atoms with Crippen molar-refractivity contribution in [3.8, 4) is 0 Å². The molecule has 0 saturated carbocycles. The van der Waals surface area contributed by atoms with Gasteiger partial charge in [0.25, 0.3) is 0 Å². The first-order valence-electron chi connectivity index (χ1n) is 6.00. The van der Waals surface area contributed by atoms with E-state index in [-0.39, 0.29) is 0 Å². The first-order chi connectivity index (χ1) is 8.26. The lowest BCUT2D eigenvalue weighted by molar-refractivity contribution is 0.597. The van der Waals surface area contributed by atoms with Crippen LogP contribution >= 0.6 is 0 Å². The lowest BCUT2D eigenvalue weighted by Gasteiger charge is -2.08. The first kappa shape index (κ1) is 13.5. The standard InChI is InChI=1S/C11H22N6/c1-3-4-5-13-11(16-12)14-6-7-17-9-10(2)8-15-17/h8-9H,3-7,12H2,1-2H3,(H2,13,14,16). The largest absolute Gasteiger partial charge is 0.353 e. The highest BCUT2D eigenvalue weighted by Gasteiger charge is 1.96. The number of aromatic nitrogens is 2. The smallest absolute Gasteiger partial charge is 0.205 e. The number of nitrogens with one attached hydrogen (secondary N) is 2. The SMILES string of the molecule is CCCCN=C(NN)NCCn1cc(C)cn1. The number of hydrogen-bond donors (Lipinski definition) is 3. The zero-order valence-corrected chi connectivity index (χ0v) is 10.6. The van der Waals surface area contributed by atoms with Crippen LogP contribution in [0.5, 0.6) is 0 Å². The van der Waals surface area contributed by atoms with E-state index >= 15 is 0 Å². The van der Waals surface area contributed by atoms with Gasteiger partial charge >= 0.3 is 0 Å². The molecule has 1 heterocycles. The predicted octanol–water partition coefficient (Wildman–Crippen LogP) is 0.401. The summed E-state index contributed by atoms with van der Waals surface area (Å²) in [7, 11) is 0. The molecule has 96 valence electrons. The van der Waals surface area contributed by atoms with Crippen LogP contribution in [0.2, 0.25) is 0 Å². The molecule has 0 aromatic carbocycles. The summed E-state index contributed by atoms with van der Waals surface area (Å²) in [5.41, 5.74) is 3.73. The molecule has 6 heteroatoms. The fraction of sp³-hybridized carbons (Fsp3) is 0.636. The van der Waals surface area contributed by atoms with Gasteiger partial charge in [0.05, 0.1) is 12.7 Å². The third-order valence-electron chi connectivity index (χ3n) is 2.31. The summed E-state index contributed by atoms with van der Waals surface area (Å²) in [5, 5.41) is 7.34. The Morgan fingerprint density at radius 2 is 2.41 bits per heavy atom. The molecular weight excluding hydrogens is 216 g/mol. The number of aliphatic imine (C=N–C) groups is 1. The summed E-state index contributed by atoms with van der Waals surface area (Å²) >= 11 is 0. The molecule has 1 aromatic rings. The highest BCUT2D eigenvalue weighted by Crippen LogP contribution is 1.92. The van der Waals surface area contributed by atoms with Gasteiger partial charge in [-0.25, -0.2) is 5.84 Å². The number of nitrogens with two attached hydrogens (primary N) is 1. The molecule has 0 radical (unpaired) electrons. The Labute approximate surface area is 102 Å². The summed E-state index contributed by atoms with van der Waals surface area (Å²) < 4.78 is 1.89. The second-order valence-electron chi connectivity index (χ2n) is 3.94. The summed E-state index contributed by atoms with van der Waals surface area (Å²) in [4.78, 5) is 4.31. The van der Waals surface area contributed by atoms with Gasteiger partial charge in [0, 0.05) is 19.3 Å². The van der Waals surface area contributed by atoms with E-state index in [4.69, 9.17) is 5.84 Å². The Morgan fingerprint density at radius 1 is 1.59 bits per heavy atom. The third-order valence-corrected chi connectivity index (χ3v) is 2.31. The van der Waals surface area contributed by atoms with Gasteiger partial charge in [-0.1, -0.05) is 13.3 Å². The van der Waals surface area contributed by atoms with Gasteiger partial charge in [0.1, 0.15) is 0 Å². The zero-order valence-electron chi connectivity index (χ0n) is 10.6. The maximum absolute atomic E-state index is 5.37. The number of guanidine groups is 1. The van der Waals surface area contributed by atoms with Crippen LogP contribution in [0.1, 0.15) is 25.3 Å². The average molecular weight is 238 g/mol. The van der Waals surface area contributed by atoms with Crippen LogP contribution in [0.3, 0.4) is 0 Å². The van der Waals surface area contributed by atoms with Gasteiger partial charge < -0.3 is 5.32 Å². The highest BCUT2D eigenvalue weighted by atomic mass is 15.3. The molecule has 0 aliphatic rings. The lowest BCUT2D eigenvalue weighted by atomic mass is 10.3. The number of hydrogen-bond acceptors (Lipinski definition) is 3. The molecule has 0 unspecified atom stereocenters. The molecule has 17 heavy (non-hydrogen) atoms. The Balaban J connectivity index is 2.25. The molecule has 6 nitrogen and oxygen atoms in total. The second kappa shape index (κ2) is 7.67. The van der Waals surface area contributed by atoms with Crippen LogP contribution in [-0.4, -0.2) is 28.8 Å². The summed E-state index contributed by atoms with van der Waals surface area (Å²) in [6, 6.07) is 0. The van der Waals surface area contributed by atoms with Crippen molar-refractivity contribution < 1.29 is 0 Å². The van der Waals surface area contributed by atoms with Gasteiger partial charge in [-0.05, 0) is 18.9 Å². The molecule has 0 aliphatic heterocycles. The molecule has 1 rings (SSSR count). The minimum absolute atomic E-state index is 0.641. The van der Waals surface area contributed by atoms with Crippen molar-refractivity contribution in [2.45, 2.75) is 33.2 Å². The monoisotopic (exact) mass is 238 g/mol. The van der Waals surface area contributed by atoms with E-state index in [0.717, 1.165) is 32.5 Å². The Bertz CT molecular complexity index is 343. The van der Waals surface area contributed by atoms with Crippen molar-refractivity contribution in [2.75, 3.05) is 13.1 Å². The fourth-order valence-electron chi connectivity index (χ4n) is 1.38. The molecule has 1 aromatic heterocycles. The molecule has 0 saturated heterocycles. The molecular formula is C11H22N6. The van der Waals surface area contributed by atoms with Crippen LogP contribution in [0, 0.1) is 6.92 Å². The maximum atomic E-state index is 5.37. The predicted molar refractivity (Wildman–Crippen MR) is 69.5 cm³/mol. The number of unbranched alkanes of at least 4 members (excludes halogenated alkanes) is 1. The fourth-order valence-corrected chi connectivity index (χ4v) is 1.38. The van der Waals surface area contributed by atoms with Crippen molar-refractivity contribution in [3.05, 3.63) is 18.0 Å². The van der Waals surface area contributed by atoms with Gasteiger partial charge in [-0.3, -0.25) is 15.1 Å². The van der Waals surface area contributed by atoms with Crippen LogP contribution in [0.15, 0.2) is 17.4 Å². The van der Waals surface area contributed by atoms with Crippen molar-refractivity contribution >= 4 is 5.96 Å². The van der Waals surface area contributed by atoms with E-state index in [0.29, 0.717) is 5.96 Å². The molecule has 0 atom stereocenters. The Hall–Kier alpha value is -1.56. The third kappa shape index (κ3) is 5.35. The lowest BCUT2D eigenvalue weighted by Crippen LogP contribution is -2.42. The molecule has 0 bridgehead atoms. The van der Waals surface area contributed by atoms with Gasteiger partial charge in [0.15, 0.2) is 0 Å². The van der Waals surface area contributed by atoms with Crippen molar-refractivity contribution in [3.63, 3.8) is 0 Å². The number of nitrogens with zero attached hydrogens (tertiary/aromatic N) is 3. The number of hydrazine groups is 1. The molecule has 4 N–H and O–H groups in total. The van der Waals surface area contributed by atoms with E-state index in [1.807, 2.05) is 24.0 Å². The van der Waals surface area contributed by atoms with Gasteiger partial charge in [0.2, 0.25) is 5.96 Å². The topological polar surface area (TPSA) is 80.3 Å². The number of aryl methyl sites for hydroxylation is 1. The summed E-state index contributed by atoms with van der Waals surface area (Å²) in [6.45, 7) is 6.50. The average Bonchev–Trinajstić information content (AvgIpc) is 2.73. The number of rotatable bonds is 6. The zero-order chi connectivity index (χ0) is 12.5. The second-order valence-corrected chi connectivity index (χ2v) is 3.94. The van der Waals surface area contributed by atoms with E-state index in [1.165, 1.54) is 5.56 Å². The van der Waals surface area contributed by atoms with E-state index in [1.54, 1.807) is 0 Å². The molecule has 0 aliphatic carbocycles. The quantitative estimate of drug-likeness (QED) is 0.220. The normalized spacial score (nSPS) is 11.6. The van der Waals surface area contributed by atoms with E-state index < -0.39 is 0 Å². The summed E-state index contributed by atoms with van der Waals surface area (Å²) in [6.07, 6.45) is 6.06. The van der Waals surface area contributed by atoms with Crippen LogP contribution in [0.4, 0.5) is 0 Å². The molecule has 0 fully saturated rings. The van der Waals surface area contributed by atoms with E-state index in [9.17, 15) is 0 Å². The molecule has 0 amide bonds. The van der Waals surface area contributed by atoms with Crippen LogP contribution < -0.4 is 16.6 Å². The molecule has 0 spiro atoms. The first-order valence-corrected chi connectivity index (χ1v) is 6.00. The minimum atomic E-state index is 0.641. The van der Waals surface area contributed by atoms with Crippen LogP contribution in [-0.2, 0) is 6.54 Å².